The summed E-state index contributed by atoms with van der Waals surface area (Å²) in [4.78, 5) is 6.38. The Bertz CT molecular complexity index is 1490. The molecule has 2 atom stereocenters. The summed E-state index contributed by atoms with van der Waals surface area (Å²) in [5.41, 5.74) is 2.14. The number of hydrogen-bond acceptors (Lipinski definition) is 8. The molecular weight excluding hydrogens is 477 g/mol. The highest BCUT2D eigenvalue weighted by Crippen LogP contribution is 2.33. The number of nitrogens with one attached hydrogen (secondary N) is 1. The molecule has 2 fully saturated rings. The van der Waals surface area contributed by atoms with E-state index in [-0.39, 0.29) is 29.9 Å². The number of anilines is 1. The number of methoxy groups -OCH3 is 1. The monoisotopic (exact) mass is 505 g/mol. The first kappa shape index (κ1) is 19.7. The Morgan fingerprint density at radius 1 is 1.31 bits per heavy atom. The van der Waals surface area contributed by atoms with Crippen molar-refractivity contribution in [2.24, 2.45) is 0 Å². The number of ether oxygens (including phenoxy) is 2. The first-order valence-corrected chi connectivity index (χ1v) is 11.6. The average molecular weight is 506 g/mol. The first-order chi connectivity index (χ1) is 18.6. The number of alkyl halides is 3. The summed E-state index contributed by atoms with van der Waals surface area (Å²) in [6.07, 6.45) is -1.71. The van der Waals surface area contributed by atoms with Gasteiger partial charge in [-0.2, -0.15) is 4.98 Å². The molecule has 0 spiro atoms. The lowest BCUT2D eigenvalue weighted by Gasteiger charge is -2.42. The van der Waals surface area contributed by atoms with Crippen molar-refractivity contribution >= 4 is 22.5 Å². The van der Waals surface area contributed by atoms with Gasteiger partial charge in [-0.05, 0) is 30.2 Å². The van der Waals surface area contributed by atoms with Crippen LogP contribution in [0.1, 0.15) is 10.5 Å². The minimum Gasteiger partial charge on any atom is -0.479 e. The van der Waals surface area contributed by atoms with Crippen LogP contribution in [0.2, 0.25) is 0 Å². The van der Waals surface area contributed by atoms with Crippen LogP contribution in [0.15, 0.2) is 30.5 Å². The molecule has 4 aromatic rings. The predicted octanol–water partition coefficient (Wildman–Crippen LogP) is 2.64. The van der Waals surface area contributed by atoms with E-state index in [2.05, 4.69) is 30.6 Å². The van der Waals surface area contributed by atoms with E-state index in [4.69, 9.17) is 13.6 Å². The largest absolute Gasteiger partial charge is 0.479 e. The van der Waals surface area contributed by atoms with Gasteiger partial charge in [-0.3, -0.25) is 4.90 Å². The van der Waals surface area contributed by atoms with Crippen molar-refractivity contribution in [3.8, 4) is 17.0 Å². The lowest BCUT2D eigenvalue weighted by Crippen LogP contribution is -2.57. The summed E-state index contributed by atoms with van der Waals surface area (Å²) >= 11 is 0. The molecule has 2 saturated heterocycles. The number of nitrogens with zero attached hydrogens (tertiary/aromatic N) is 7. The van der Waals surface area contributed by atoms with Gasteiger partial charge in [0.1, 0.15) is 23.7 Å². The second-order valence-corrected chi connectivity index (χ2v) is 8.97. The molecule has 0 bridgehead atoms. The Morgan fingerprint density at radius 2 is 2.19 bits per heavy atom. The van der Waals surface area contributed by atoms with Crippen LogP contribution in [0, 0.1) is 0 Å². The lowest BCUT2D eigenvalue weighted by molar-refractivity contribution is -0.0794. The van der Waals surface area contributed by atoms with E-state index < -0.39 is 32.2 Å². The van der Waals surface area contributed by atoms with Gasteiger partial charge in [0.15, 0.2) is 0 Å². The Kier molecular flexibility index (Phi) is 5.04. The van der Waals surface area contributed by atoms with Crippen LogP contribution in [0.25, 0.3) is 27.7 Å². The highest BCUT2D eigenvalue weighted by Gasteiger charge is 2.35. The third kappa shape index (κ3) is 4.11. The number of fused-ring (bicyclic) bond motifs is 2. The molecule has 13 heteroatoms. The van der Waals surface area contributed by atoms with E-state index in [1.54, 1.807) is 30.5 Å². The number of hydrogen-bond donors (Lipinski definition) is 1. The van der Waals surface area contributed by atoms with Gasteiger partial charge >= 0.3 is 0 Å². The fraction of sp³-hybridized carbons (Fsp3) is 0.478. The Balaban J connectivity index is 1.33. The molecule has 0 unspecified atom stereocenters. The summed E-state index contributed by atoms with van der Waals surface area (Å²) in [6, 6.07) is 6.32. The second-order valence-electron chi connectivity index (χ2n) is 8.97. The molecular formula is C23H25F3N8O2. The molecule has 36 heavy (non-hydrogen) atoms. The number of aromatic nitrogens is 6. The van der Waals surface area contributed by atoms with Gasteiger partial charge in [0.05, 0.1) is 42.0 Å². The Hall–Kier alpha value is -3.45. The van der Waals surface area contributed by atoms with Crippen LogP contribution in [0.4, 0.5) is 19.1 Å². The second kappa shape index (κ2) is 9.21. The van der Waals surface area contributed by atoms with Crippen molar-refractivity contribution in [2.75, 3.05) is 38.7 Å². The van der Waals surface area contributed by atoms with Gasteiger partial charge in [-0.15, -0.1) is 10.2 Å². The van der Waals surface area contributed by atoms with Gasteiger partial charge in [0.2, 0.25) is 11.8 Å². The van der Waals surface area contributed by atoms with Crippen molar-refractivity contribution in [1.82, 2.24) is 34.5 Å². The van der Waals surface area contributed by atoms with Crippen LogP contribution in [0.3, 0.4) is 0 Å². The highest BCUT2D eigenvalue weighted by molar-refractivity contribution is 5.89. The van der Waals surface area contributed by atoms with Crippen molar-refractivity contribution in [3.63, 3.8) is 0 Å². The van der Waals surface area contributed by atoms with Crippen molar-refractivity contribution in [3.05, 3.63) is 30.5 Å². The zero-order valence-corrected chi connectivity index (χ0v) is 19.0. The predicted molar refractivity (Wildman–Crippen MR) is 125 cm³/mol. The summed E-state index contributed by atoms with van der Waals surface area (Å²) in [6.45, 7) is 1.52. The number of likely N-dealkylation sites (tertiary alicyclic amines) is 1. The van der Waals surface area contributed by atoms with Crippen LogP contribution in [-0.2, 0) is 11.3 Å². The molecule has 1 N–H and O–H groups in total. The van der Waals surface area contributed by atoms with Gasteiger partial charge < -0.3 is 14.8 Å². The Labute approximate surface area is 208 Å². The standard InChI is InChI=1S/C23H25F3N8O2/c1-35-22-21-15(13-2-3-18-19(8-13)34(31-29-18)10-20(25)26)4-7-33(21)30-23(28-22)27-17-5-6-32(9-16(17)24)14-11-36-12-14/h2-4,7-8,14,16-17,20H,5-6,9-12H2,1H3,(H,27,30)/t16-,17+/m0/s1/i1D3. The van der Waals surface area contributed by atoms with Crippen molar-refractivity contribution in [2.45, 2.75) is 37.6 Å². The minimum atomic E-state index is -2.82. The minimum absolute atomic E-state index is 0.0200. The summed E-state index contributed by atoms with van der Waals surface area (Å²) < 4.78 is 77.0. The van der Waals surface area contributed by atoms with E-state index >= 15 is 4.39 Å². The Morgan fingerprint density at radius 3 is 2.94 bits per heavy atom. The summed E-state index contributed by atoms with van der Waals surface area (Å²) in [7, 11) is -2.82. The molecule has 190 valence electrons. The molecule has 0 aliphatic carbocycles. The molecule has 2 aliphatic heterocycles. The molecule has 10 nitrogen and oxygen atoms in total. The highest BCUT2D eigenvalue weighted by atomic mass is 19.3. The maximum atomic E-state index is 15.0. The molecule has 0 amide bonds. The maximum Gasteiger partial charge on any atom is 0.258 e. The molecule has 6 rings (SSSR count). The van der Waals surface area contributed by atoms with Crippen molar-refractivity contribution in [1.29, 1.82) is 0 Å². The smallest absolute Gasteiger partial charge is 0.258 e. The number of benzene rings is 1. The molecule has 3 aromatic heterocycles. The van der Waals surface area contributed by atoms with Gasteiger partial charge in [-0.1, -0.05) is 11.3 Å². The van der Waals surface area contributed by atoms with E-state index in [0.29, 0.717) is 48.3 Å². The average Bonchev–Trinajstić information content (AvgIpc) is 3.42. The number of rotatable bonds is 7. The fourth-order valence-electron chi connectivity index (χ4n) is 4.78. The van der Waals surface area contributed by atoms with Gasteiger partial charge in [0, 0.05) is 24.8 Å². The topological polar surface area (TPSA) is 94.6 Å². The summed E-state index contributed by atoms with van der Waals surface area (Å²) in [5, 5.41) is 15.2. The lowest BCUT2D eigenvalue weighted by atomic mass is 10.0. The summed E-state index contributed by atoms with van der Waals surface area (Å²) in [5.74, 6) is -0.210. The van der Waals surface area contributed by atoms with E-state index in [1.165, 1.54) is 4.52 Å². The third-order valence-electron chi connectivity index (χ3n) is 6.74. The van der Waals surface area contributed by atoms with Crippen LogP contribution < -0.4 is 10.1 Å². The van der Waals surface area contributed by atoms with E-state index in [1.807, 2.05) is 0 Å². The van der Waals surface area contributed by atoms with Crippen molar-refractivity contribution < 1.29 is 26.8 Å². The quantitative estimate of drug-likeness (QED) is 0.410. The van der Waals surface area contributed by atoms with Gasteiger partial charge in [0.25, 0.3) is 6.43 Å². The van der Waals surface area contributed by atoms with Crippen LogP contribution >= 0.6 is 0 Å². The van der Waals surface area contributed by atoms with Crippen LogP contribution in [-0.4, -0.2) is 92.5 Å². The normalized spacial score (nSPS) is 22.9. The zero-order chi connectivity index (χ0) is 27.3. The molecule has 1 aromatic carbocycles. The third-order valence-corrected chi connectivity index (χ3v) is 6.74. The van der Waals surface area contributed by atoms with E-state index in [0.717, 1.165) is 4.68 Å². The van der Waals surface area contributed by atoms with Gasteiger partial charge in [-0.25, -0.2) is 22.4 Å². The SMILES string of the molecule is [2H]C([2H])([2H])Oc1nc(N[C@@H]2CCN(C3COC3)C[C@@H]2F)nn2ccc(-c3ccc4nnn(CC(F)F)c4c3)c12. The molecule has 0 saturated carbocycles. The number of piperidine rings is 1. The fourth-order valence-corrected chi connectivity index (χ4v) is 4.78. The molecule has 2 aliphatic rings. The maximum absolute atomic E-state index is 15.0. The molecule has 0 radical (unpaired) electrons. The first-order valence-electron chi connectivity index (χ1n) is 13.1. The zero-order valence-electron chi connectivity index (χ0n) is 22.0. The molecule has 5 heterocycles. The van der Waals surface area contributed by atoms with E-state index in [9.17, 15) is 8.78 Å². The van der Waals surface area contributed by atoms with Crippen LogP contribution in [0.5, 0.6) is 5.88 Å². The number of halogens is 3.